The Kier molecular flexibility index (Phi) is 4.03. The van der Waals surface area contributed by atoms with Crippen molar-refractivity contribution in [1.29, 1.82) is 0 Å². The van der Waals surface area contributed by atoms with Crippen LogP contribution in [0.3, 0.4) is 0 Å². The molecule has 0 bridgehead atoms. The highest BCUT2D eigenvalue weighted by Crippen LogP contribution is 2.22. The van der Waals surface area contributed by atoms with E-state index in [4.69, 9.17) is 4.74 Å². The van der Waals surface area contributed by atoms with Gasteiger partial charge in [0.05, 0.1) is 18.4 Å². The monoisotopic (exact) mass is 288 g/mol. The van der Waals surface area contributed by atoms with Gasteiger partial charge in [-0.1, -0.05) is 0 Å². The average Bonchev–Trinajstić information content (AvgIpc) is 2.56. The van der Waals surface area contributed by atoms with Crippen LogP contribution in [0.25, 0.3) is 0 Å². The molecule has 0 atom stereocenters. The van der Waals surface area contributed by atoms with E-state index in [1.54, 1.807) is 18.6 Å². The fraction of sp³-hybridized carbons (Fsp3) is 0.533. The molecule has 0 aliphatic carbocycles. The molecule has 0 N–H and O–H groups in total. The van der Waals surface area contributed by atoms with Gasteiger partial charge in [-0.2, -0.15) is 0 Å². The molecule has 1 saturated heterocycles. The first kappa shape index (κ1) is 13.9. The fourth-order valence-corrected chi connectivity index (χ4v) is 2.78. The predicted molar refractivity (Wildman–Crippen MR) is 78.7 cm³/mol. The molecule has 2 aliphatic heterocycles. The maximum absolute atomic E-state index is 12.5. The number of nitrogens with zero attached hydrogens (tertiary/aromatic N) is 4. The smallest absolute Gasteiger partial charge is 0.253 e. The summed E-state index contributed by atoms with van der Waals surface area (Å²) in [6.45, 7) is 5.62. The third-order valence-electron chi connectivity index (χ3n) is 4.01. The highest BCUT2D eigenvalue weighted by Gasteiger charge is 2.26. The Hall–Kier alpha value is -2.11. The molecule has 0 radical (unpaired) electrons. The molecule has 1 aromatic rings. The topological polar surface area (TPSA) is 58.6 Å². The molecule has 2 aliphatic rings. The molecule has 1 aromatic heterocycles. The van der Waals surface area contributed by atoms with E-state index >= 15 is 0 Å². The van der Waals surface area contributed by atoms with Crippen LogP contribution in [-0.4, -0.2) is 53.6 Å². The molecule has 112 valence electrons. The second kappa shape index (κ2) is 6.11. The maximum atomic E-state index is 12.5. The molecule has 6 heteroatoms. The first-order valence-electron chi connectivity index (χ1n) is 7.38. The SMILES string of the molecule is CC1=C(C(=O)N2CCN(c3cnccn3)CC2)CCCO1. The van der Waals surface area contributed by atoms with Crippen molar-refractivity contribution in [2.24, 2.45) is 0 Å². The summed E-state index contributed by atoms with van der Waals surface area (Å²) in [5.41, 5.74) is 0.842. The molecule has 6 nitrogen and oxygen atoms in total. The number of amides is 1. The Balaban J connectivity index is 1.62. The largest absolute Gasteiger partial charge is 0.498 e. The molecule has 3 rings (SSSR count). The molecular formula is C15H20N4O2. The van der Waals surface area contributed by atoms with Crippen LogP contribution < -0.4 is 4.90 Å². The van der Waals surface area contributed by atoms with Crippen LogP contribution in [0.2, 0.25) is 0 Å². The maximum Gasteiger partial charge on any atom is 0.253 e. The highest BCUT2D eigenvalue weighted by molar-refractivity contribution is 5.94. The number of allylic oxidation sites excluding steroid dienone is 1. The number of piperazine rings is 1. The number of hydrogen-bond donors (Lipinski definition) is 0. The van der Waals surface area contributed by atoms with E-state index in [-0.39, 0.29) is 5.91 Å². The van der Waals surface area contributed by atoms with Crippen molar-refractivity contribution < 1.29 is 9.53 Å². The normalized spacial score (nSPS) is 19.5. The summed E-state index contributed by atoms with van der Waals surface area (Å²) in [4.78, 5) is 25.0. The summed E-state index contributed by atoms with van der Waals surface area (Å²) in [5, 5.41) is 0. The number of ether oxygens (including phenoxy) is 1. The first-order valence-corrected chi connectivity index (χ1v) is 7.38. The standard InChI is InChI=1S/C15H20N4O2/c1-12-13(3-2-10-21-12)15(20)19-8-6-18(7-9-19)14-11-16-4-5-17-14/h4-5,11H,2-3,6-10H2,1H3. The Bertz CT molecular complexity index is 536. The van der Waals surface area contributed by atoms with Gasteiger partial charge < -0.3 is 14.5 Å². The summed E-state index contributed by atoms with van der Waals surface area (Å²) in [7, 11) is 0. The molecule has 0 spiro atoms. The zero-order chi connectivity index (χ0) is 14.7. The zero-order valence-corrected chi connectivity index (χ0v) is 12.3. The van der Waals surface area contributed by atoms with Gasteiger partial charge in [0.1, 0.15) is 11.6 Å². The number of hydrogen-bond acceptors (Lipinski definition) is 5. The van der Waals surface area contributed by atoms with Crippen molar-refractivity contribution in [3.63, 3.8) is 0 Å². The van der Waals surface area contributed by atoms with E-state index in [1.807, 2.05) is 11.8 Å². The van der Waals surface area contributed by atoms with Gasteiger partial charge >= 0.3 is 0 Å². The van der Waals surface area contributed by atoms with Gasteiger partial charge in [-0.3, -0.25) is 9.78 Å². The average molecular weight is 288 g/mol. The third-order valence-corrected chi connectivity index (χ3v) is 4.01. The second-order valence-electron chi connectivity index (χ2n) is 5.33. The van der Waals surface area contributed by atoms with Crippen molar-refractivity contribution in [3.8, 4) is 0 Å². The number of anilines is 1. The third kappa shape index (κ3) is 2.99. The van der Waals surface area contributed by atoms with E-state index in [1.165, 1.54) is 0 Å². The van der Waals surface area contributed by atoms with Crippen LogP contribution in [0.1, 0.15) is 19.8 Å². The van der Waals surface area contributed by atoms with Gasteiger partial charge in [-0.15, -0.1) is 0 Å². The summed E-state index contributed by atoms with van der Waals surface area (Å²) < 4.78 is 5.50. The van der Waals surface area contributed by atoms with E-state index < -0.39 is 0 Å². The molecule has 3 heterocycles. The molecule has 0 unspecified atom stereocenters. The molecule has 1 fully saturated rings. The summed E-state index contributed by atoms with van der Waals surface area (Å²) in [6, 6.07) is 0. The van der Waals surface area contributed by atoms with Gasteiger partial charge in [-0.05, 0) is 19.8 Å². The van der Waals surface area contributed by atoms with Crippen LogP contribution in [0, 0.1) is 0 Å². The molecule has 0 aromatic carbocycles. The van der Waals surface area contributed by atoms with Gasteiger partial charge in [-0.25, -0.2) is 4.98 Å². The van der Waals surface area contributed by atoms with Gasteiger partial charge in [0, 0.05) is 38.6 Å². The van der Waals surface area contributed by atoms with Crippen molar-refractivity contribution >= 4 is 11.7 Å². The van der Waals surface area contributed by atoms with E-state index in [9.17, 15) is 4.79 Å². The van der Waals surface area contributed by atoms with Crippen LogP contribution in [0.4, 0.5) is 5.82 Å². The minimum absolute atomic E-state index is 0.131. The minimum Gasteiger partial charge on any atom is -0.498 e. The second-order valence-corrected chi connectivity index (χ2v) is 5.33. The summed E-state index contributed by atoms with van der Waals surface area (Å²) in [5.74, 6) is 1.80. The van der Waals surface area contributed by atoms with Crippen LogP contribution in [0.5, 0.6) is 0 Å². The van der Waals surface area contributed by atoms with Gasteiger partial charge in [0.25, 0.3) is 5.91 Å². The molecule has 21 heavy (non-hydrogen) atoms. The van der Waals surface area contributed by atoms with Crippen LogP contribution in [0.15, 0.2) is 29.9 Å². The first-order chi connectivity index (χ1) is 10.3. The van der Waals surface area contributed by atoms with Crippen molar-refractivity contribution in [2.75, 3.05) is 37.7 Å². The highest BCUT2D eigenvalue weighted by atomic mass is 16.5. The predicted octanol–water partition coefficient (Wildman–Crippen LogP) is 1.21. The summed E-state index contributed by atoms with van der Waals surface area (Å²) >= 11 is 0. The fourth-order valence-electron chi connectivity index (χ4n) is 2.78. The lowest BCUT2D eigenvalue weighted by molar-refractivity contribution is -0.128. The lowest BCUT2D eigenvalue weighted by Gasteiger charge is -2.36. The molecule has 1 amide bonds. The van der Waals surface area contributed by atoms with Crippen LogP contribution in [-0.2, 0) is 9.53 Å². The quantitative estimate of drug-likeness (QED) is 0.818. The number of rotatable bonds is 2. The number of carbonyl (C=O) groups excluding carboxylic acids is 1. The Morgan fingerprint density at radius 1 is 1.24 bits per heavy atom. The van der Waals surface area contributed by atoms with Gasteiger partial charge in [0.15, 0.2) is 0 Å². The van der Waals surface area contributed by atoms with E-state index in [2.05, 4.69) is 14.9 Å². The Labute approximate surface area is 124 Å². The lowest BCUT2D eigenvalue weighted by atomic mass is 10.1. The lowest BCUT2D eigenvalue weighted by Crippen LogP contribution is -2.49. The van der Waals surface area contributed by atoms with Crippen molar-refractivity contribution in [3.05, 3.63) is 29.9 Å². The Morgan fingerprint density at radius 3 is 2.71 bits per heavy atom. The van der Waals surface area contributed by atoms with E-state index in [0.29, 0.717) is 13.1 Å². The molecule has 0 saturated carbocycles. The zero-order valence-electron chi connectivity index (χ0n) is 12.3. The number of carbonyl (C=O) groups is 1. The van der Waals surface area contributed by atoms with Crippen LogP contribution >= 0.6 is 0 Å². The molecular weight excluding hydrogens is 268 g/mol. The Morgan fingerprint density at radius 2 is 2.05 bits per heavy atom. The summed E-state index contributed by atoms with van der Waals surface area (Å²) in [6.07, 6.45) is 6.88. The van der Waals surface area contributed by atoms with Crippen molar-refractivity contribution in [1.82, 2.24) is 14.9 Å². The van der Waals surface area contributed by atoms with Gasteiger partial charge in [0.2, 0.25) is 0 Å². The number of aromatic nitrogens is 2. The van der Waals surface area contributed by atoms with Crippen molar-refractivity contribution in [2.45, 2.75) is 19.8 Å². The minimum atomic E-state index is 0.131. The van der Waals surface area contributed by atoms with E-state index in [0.717, 1.165) is 49.7 Å².